The van der Waals surface area contributed by atoms with E-state index in [2.05, 4.69) is 10.1 Å². The van der Waals surface area contributed by atoms with Crippen LogP contribution in [-0.2, 0) is 0 Å². The number of aromatic nitrogens is 3. The molecule has 120 valence electrons. The van der Waals surface area contributed by atoms with E-state index >= 15 is 0 Å². The van der Waals surface area contributed by atoms with Crippen LogP contribution in [0.1, 0.15) is 27.6 Å². The van der Waals surface area contributed by atoms with Gasteiger partial charge in [-0.15, -0.1) is 5.10 Å². The molecular formula is C18H14FN3OS. The molecule has 1 aromatic heterocycles. The lowest BCUT2D eigenvalue weighted by Gasteiger charge is -2.20. The molecule has 0 N–H and O–H groups in total. The zero-order valence-electron chi connectivity index (χ0n) is 12.9. The normalized spacial score (nSPS) is 16.9. The molecule has 0 saturated heterocycles. The van der Waals surface area contributed by atoms with E-state index in [0.29, 0.717) is 11.0 Å². The van der Waals surface area contributed by atoms with Gasteiger partial charge < -0.3 is 0 Å². The first-order valence-corrected chi connectivity index (χ1v) is 8.47. The lowest BCUT2D eigenvalue weighted by Crippen LogP contribution is -2.21. The number of hydrogen-bond acceptors (Lipinski definition) is 4. The van der Waals surface area contributed by atoms with Crippen molar-refractivity contribution in [3.05, 3.63) is 65.5 Å². The first-order valence-electron chi connectivity index (χ1n) is 7.59. The molecule has 0 radical (unpaired) electrons. The zero-order valence-corrected chi connectivity index (χ0v) is 13.8. The van der Waals surface area contributed by atoms with Crippen LogP contribution in [0.15, 0.2) is 53.7 Å². The predicted molar refractivity (Wildman–Crippen MR) is 90.4 cm³/mol. The second-order valence-electron chi connectivity index (χ2n) is 5.76. The monoisotopic (exact) mass is 339 g/mol. The number of fused-ring (bicyclic) bond motifs is 1. The molecule has 0 saturated carbocycles. The van der Waals surface area contributed by atoms with Gasteiger partial charge in [-0.05, 0) is 24.6 Å². The van der Waals surface area contributed by atoms with Crippen LogP contribution in [0.4, 0.5) is 4.39 Å². The molecule has 0 aliphatic carbocycles. The lowest BCUT2D eigenvalue weighted by molar-refractivity contribution is 0.0868. The maximum atomic E-state index is 13.4. The molecule has 0 bridgehead atoms. The Morgan fingerprint density at radius 2 is 2.00 bits per heavy atom. The van der Waals surface area contributed by atoms with Crippen LogP contribution in [-0.4, -0.2) is 20.7 Å². The van der Waals surface area contributed by atoms with Crippen molar-refractivity contribution in [3.8, 4) is 11.4 Å². The van der Waals surface area contributed by atoms with Crippen molar-refractivity contribution in [2.24, 2.45) is 0 Å². The van der Waals surface area contributed by atoms with Gasteiger partial charge in [-0.1, -0.05) is 53.7 Å². The van der Waals surface area contributed by atoms with E-state index in [1.165, 1.54) is 28.6 Å². The number of benzene rings is 2. The average molecular weight is 339 g/mol. The quantitative estimate of drug-likeness (QED) is 0.699. The Bertz CT molecular complexity index is 920. The first-order chi connectivity index (χ1) is 11.6. The summed E-state index contributed by atoms with van der Waals surface area (Å²) >= 11 is 1.44. The number of halogens is 1. The van der Waals surface area contributed by atoms with Gasteiger partial charge in [0.1, 0.15) is 5.82 Å². The Hall–Kier alpha value is -2.47. The minimum Gasteiger partial charge on any atom is -0.272 e. The van der Waals surface area contributed by atoms with Crippen LogP contribution in [0.5, 0.6) is 0 Å². The summed E-state index contributed by atoms with van der Waals surface area (Å²) in [6, 6.07) is 14.2. The van der Waals surface area contributed by atoms with E-state index < -0.39 is 0 Å². The summed E-state index contributed by atoms with van der Waals surface area (Å²) in [5.74, 6) is 0.113. The smallest absolute Gasteiger partial charge is 0.250 e. The third-order valence-electron chi connectivity index (χ3n) is 3.95. The van der Waals surface area contributed by atoms with Crippen LogP contribution in [0, 0.1) is 12.7 Å². The number of hydrogen-bond donors (Lipinski definition) is 0. The summed E-state index contributed by atoms with van der Waals surface area (Å²) in [4.78, 5) is 16.9. The van der Waals surface area contributed by atoms with E-state index in [1.807, 2.05) is 37.3 Å². The SMILES string of the molecule is Cc1ccc(-c2nc3n(n2)C(=O)CC(c2cccc(F)c2)S3)cc1. The van der Waals surface area contributed by atoms with E-state index in [9.17, 15) is 9.18 Å². The second-order valence-corrected chi connectivity index (χ2v) is 6.93. The van der Waals surface area contributed by atoms with E-state index in [0.717, 1.165) is 16.7 Å². The summed E-state index contributed by atoms with van der Waals surface area (Å²) in [6.07, 6.45) is 0.276. The molecule has 6 heteroatoms. The summed E-state index contributed by atoms with van der Waals surface area (Å²) in [5.41, 5.74) is 2.82. The van der Waals surface area contributed by atoms with Crippen LogP contribution < -0.4 is 0 Å². The molecule has 24 heavy (non-hydrogen) atoms. The van der Waals surface area contributed by atoms with Crippen molar-refractivity contribution >= 4 is 17.7 Å². The van der Waals surface area contributed by atoms with Crippen molar-refractivity contribution in [3.63, 3.8) is 0 Å². The molecule has 1 aliphatic heterocycles. The fraction of sp³-hybridized carbons (Fsp3) is 0.167. The van der Waals surface area contributed by atoms with Crippen molar-refractivity contribution < 1.29 is 9.18 Å². The Morgan fingerprint density at radius 3 is 2.75 bits per heavy atom. The van der Waals surface area contributed by atoms with E-state index in [1.54, 1.807) is 6.07 Å². The third-order valence-corrected chi connectivity index (χ3v) is 5.15. The van der Waals surface area contributed by atoms with E-state index in [4.69, 9.17) is 0 Å². The van der Waals surface area contributed by atoms with Crippen molar-refractivity contribution in [2.45, 2.75) is 23.8 Å². The van der Waals surface area contributed by atoms with Gasteiger partial charge >= 0.3 is 0 Å². The maximum Gasteiger partial charge on any atom is 0.250 e. The average Bonchev–Trinajstić information content (AvgIpc) is 3.00. The molecule has 1 atom stereocenters. The molecule has 0 spiro atoms. The molecule has 2 heterocycles. The lowest BCUT2D eigenvalue weighted by atomic mass is 10.1. The number of rotatable bonds is 2. The maximum absolute atomic E-state index is 13.4. The number of thioether (sulfide) groups is 1. The highest BCUT2D eigenvalue weighted by molar-refractivity contribution is 7.99. The standard InChI is InChI=1S/C18H14FN3OS/c1-11-5-7-12(8-6-11)17-20-18-22(21-17)16(23)10-15(24-18)13-3-2-4-14(19)9-13/h2-9,15H,10H2,1H3. The molecule has 4 nitrogen and oxygen atoms in total. The number of aryl methyl sites for hydroxylation is 1. The van der Waals surface area contributed by atoms with E-state index in [-0.39, 0.29) is 23.4 Å². The highest BCUT2D eigenvalue weighted by Crippen LogP contribution is 2.41. The molecule has 2 aromatic carbocycles. The Morgan fingerprint density at radius 1 is 1.21 bits per heavy atom. The fourth-order valence-electron chi connectivity index (χ4n) is 2.67. The minimum atomic E-state index is -0.298. The van der Waals surface area contributed by atoms with Gasteiger partial charge in [0, 0.05) is 17.2 Å². The van der Waals surface area contributed by atoms with Crippen LogP contribution in [0.25, 0.3) is 11.4 Å². The molecule has 0 fully saturated rings. The molecule has 4 rings (SSSR count). The van der Waals surface area contributed by atoms with Crippen molar-refractivity contribution in [1.29, 1.82) is 0 Å². The summed E-state index contributed by atoms with van der Waals surface area (Å²) in [7, 11) is 0. The third kappa shape index (κ3) is 2.73. The van der Waals surface area contributed by atoms with Gasteiger partial charge in [0.15, 0.2) is 11.0 Å². The number of carbonyl (C=O) groups is 1. The molecular weight excluding hydrogens is 325 g/mol. The zero-order chi connectivity index (χ0) is 16.7. The number of carbonyl (C=O) groups excluding carboxylic acids is 1. The number of nitrogens with zero attached hydrogens (tertiary/aromatic N) is 3. The Balaban J connectivity index is 1.68. The van der Waals surface area contributed by atoms with Crippen molar-refractivity contribution in [2.75, 3.05) is 0 Å². The van der Waals surface area contributed by atoms with Gasteiger partial charge in [0.25, 0.3) is 5.91 Å². The fourth-order valence-corrected chi connectivity index (χ4v) is 3.81. The van der Waals surface area contributed by atoms with Gasteiger partial charge in [0.05, 0.1) is 0 Å². The highest BCUT2D eigenvalue weighted by Gasteiger charge is 2.30. The molecule has 0 amide bonds. The minimum absolute atomic E-state index is 0.121. The Labute approximate surface area is 142 Å². The van der Waals surface area contributed by atoms with Gasteiger partial charge in [-0.2, -0.15) is 4.68 Å². The molecule has 3 aromatic rings. The van der Waals surface area contributed by atoms with Crippen LogP contribution >= 0.6 is 11.8 Å². The summed E-state index contributed by atoms with van der Waals surface area (Å²) < 4.78 is 14.8. The van der Waals surface area contributed by atoms with Crippen molar-refractivity contribution in [1.82, 2.24) is 14.8 Å². The molecule has 1 unspecified atom stereocenters. The van der Waals surface area contributed by atoms with Gasteiger partial charge in [-0.25, -0.2) is 9.37 Å². The van der Waals surface area contributed by atoms with Gasteiger partial charge in [-0.3, -0.25) is 4.79 Å². The Kier molecular flexibility index (Phi) is 3.69. The largest absolute Gasteiger partial charge is 0.272 e. The van der Waals surface area contributed by atoms with Crippen LogP contribution in [0.3, 0.4) is 0 Å². The highest BCUT2D eigenvalue weighted by atomic mass is 32.2. The second kappa shape index (κ2) is 5.87. The summed E-state index contributed by atoms with van der Waals surface area (Å²) in [5, 5.41) is 4.75. The van der Waals surface area contributed by atoms with Gasteiger partial charge in [0.2, 0.25) is 0 Å². The topological polar surface area (TPSA) is 47.8 Å². The van der Waals surface area contributed by atoms with Crippen LogP contribution in [0.2, 0.25) is 0 Å². The molecule has 1 aliphatic rings. The summed E-state index contributed by atoms with van der Waals surface area (Å²) in [6.45, 7) is 2.01. The first kappa shape index (κ1) is 15.1. The predicted octanol–water partition coefficient (Wildman–Crippen LogP) is 4.27.